The number of ether oxygens (including phenoxy) is 2. The molecule has 0 aromatic heterocycles. The van der Waals surface area contributed by atoms with Crippen LogP contribution in [0.25, 0.3) is 0 Å². The van der Waals surface area contributed by atoms with Crippen molar-refractivity contribution in [3.63, 3.8) is 0 Å². The quantitative estimate of drug-likeness (QED) is 0.845. The number of hydrogen-bond donors (Lipinski definition) is 1. The molecular weight excluding hydrogens is 316 g/mol. The van der Waals surface area contributed by atoms with E-state index in [0.717, 1.165) is 5.56 Å². The lowest BCUT2D eigenvalue weighted by molar-refractivity contribution is -0.138. The second kappa shape index (κ2) is 7.60. The number of carbonyl (C=O) groups is 1. The maximum atomic E-state index is 11.9. The minimum atomic E-state index is -0.883. The minimum absolute atomic E-state index is 0.0702. The highest BCUT2D eigenvalue weighted by molar-refractivity contribution is 5.78. The summed E-state index contributed by atoms with van der Waals surface area (Å²) in [6, 6.07) is 13.4. The van der Waals surface area contributed by atoms with Crippen molar-refractivity contribution in [2.45, 2.75) is 38.5 Å². The molecule has 2 rings (SSSR count). The van der Waals surface area contributed by atoms with E-state index in [1.165, 1.54) is 5.56 Å². The summed E-state index contributed by atoms with van der Waals surface area (Å²) in [6.45, 7) is 6.47. The van der Waals surface area contributed by atoms with Crippen LogP contribution in [0.15, 0.2) is 42.5 Å². The van der Waals surface area contributed by atoms with E-state index in [4.69, 9.17) is 9.47 Å². The fourth-order valence-electron chi connectivity index (χ4n) is 2.82. The minimum Gasteiger partial charge on any atom is -0.497 e. The van der Waals surface area contributed by atoms with E-state index in [1.807, 2.05) is 12.1 Å². The lowest BCUT2D eigenvalue weighted by atomic mass is 9.85. The monoisotopic (exact) mass is 342 g/mol. The Hall–Kier alpha value is -2.49. The van der Waals surface area contributed by atoms with E-state index < -0.39 is 11.9 Å². The van der Waals surface area contributed by atoms with Gasteiger partial charge in [-0.1, -0.05) is 45.0 Å². The van der Waals surface area contributed by atoms with Crippen LogP contribution in [0.1, 0.15) is 43.4 Å². The van der Waals surface area contributed by atoms with Crippen LogP contribution in [-0.4, -0.2) is 25.3 Å². The first-order chi connectivity index (χ1) is 11.8. The van der Waals surface area contributed by atoms with E-state index in [9.17, 15) is 9.90 Å². The van der Waals surface area contributed by atoms with Gasteiger partial charge in [0.25, 0.3) is 0 Å². The summed E-state index contributed by atoms with van der Waals surface area (Å²) in [5.74, 6) is -0.415. The SMILES string of the molecule is COc1ccc(OC)c(C(Cc2ccc(C(C)(C)C)cc2)C(=O)O)c1. The van der Waals surface area contributed by atoms with E-state index >= 15 is 0 Å². The van der Waals surface area contributed by atoms with Crippen LogP contribution in [0.5, 0.6) is 11.5 Å². The number of rotatable bonds is 6. The van der Waals surface area contributed by atoms with E-state index in [1.54, 1.807) is 32.4 Å². The highest BCUT2D eigenvalue weighted by Crippen LogP contribution is 2.33. The average molecular weight is 342 g/mol. The predicted octanol–water partition coefficient (Wildman–Crippen LogP) is 4.41. The maximum absolute atomic E-state index is 11.9. The summed E-state index contributed by atoms with van der Waals surface area (Å²) >= 11 is 0. The van der Waals surface area contributed by atoms with Crippen molar-refractivity contribution in [3.05, 3.63) is 59.2 Å². The molecule has 2 aromatic rings. The summed E-state index contributed by atoms with van der Waals surface area (Å²) in [6.07, 6.45) is 0.392. The Morgan fingerprint density at radius 1 is 1.04 bits per heavy atom. The summed E-state index contributed by atoms with van der Waals surface area (Å²) in [5, 5.41) is 9.76. The lowest BCUT2D eigenvalue weighted by Gasteiger charge is -2.20. The standard InChI is InChI=1S/C21H26O4/c1-21(2,3)15-8-6-14(7-9-15)12-18(20(22)23)17-13-16(24-4)10-11-19(17)25-5/h6-11,13,18H,12H2,1-5H3,(H,22,23). The van der Waals surface area contributed by atoms with Gasteiger partial charge >= 0.3 is 5.97 Å². The molecule has 0 aliphatic carbocycles. The number of benzene rings is 2. The number of hydrogen-bond acceptors (Lipinski definition) is 3. The second-order valence-corrected chi connectivity index (χ2v) is 7.15. The Balaban J connectivity index is 2.35. The van der Waals surface area contributed by atoms with Crippen molar-refractivity contribution >= 4 is 5.97 Å². The Kier molecular flexibility index (Phi) is 5.73. The van der Waals surface area contributed by atoms with Gasteiger partial charge in [-0.3, -0.25) is 4.79 Å². The normalized spacial score (nSPS) is 12.5. The van der Waals surface area contributed by atoms with Crippen LogP contribution in [0.3, 0.4) is 0 Å². The Morgan fingerprint density at radius 2 is 1.68 bits per heavy atom. The molecule has 2 aromatic carbocycles. The number of carboxylic acid groups (broad SMARTS) is 1. The van der Waals surface area contributed by atoms with Crippen LogP contribution in [-0.2, 0) is 16.6 Å². The molecule has 0 aliphatic heterocycles. The Morgan fingerprint density at radius 3 is 2.16 bits per heavy atom. The van der Waals surface area contributed by atoms with Gasteiger partial charge in [0.2, 0.25) is 0 Å². The third-order valence-corrected chi connectivity index (χ3v) is 4.37. The van der Waals surface area contributed by atoms with Gasteiger partial charge in [-0.15, -0.1) is 0 Å². The Labute approximate surface area is 149 Å². The van der Waals surface area contributed by atoms with Gasteiger partial charge in [-0.2, -0.15) is 0 Å². The van der Waals surface area contributed by atoms with Crippen LogP contribution in [0.4, 0.5) is 0 Å². The largest absolute Gasteiger partial charge is 0.497 e. The lowest BCUT2D eigenvalue weighted by Crippen LogP contribution is -2.16. The smallest absolute Gasteiger partial charge is 0.311 e. The summed E-state index contributed by atoms with van der Waals surface area (Å²) in [5.41, 5.74) is 2.89. The third-order valence-electron chi connectivity index (χ3n) is 4.37. The molecule has 0 heterocycles. The highest BCUT2D eigenvalue weighted by Gasteiger charge is 2.25. The second-order valence-electron chi connectivity index (χ2n) is 7.15. The van der Waals surface area contributed by atoms with Crippen LogP contribution >= 0.6 is 0 Å². The maximum Gasteiger partial charge on any atom is 0.311 e. The summed E-state index contributed by atoms with van der Waals surface area (Å²) in [7, 11) is 3.11. The average Bonchev–Trinajstić information content (AvgIpc) is 2.58. The molecule has 1 unspecified atom stereocenters. The number of aliphatic carboxylic acids is 1. The van der Waals surface area contributed by atoms with Crippen LogP contribution in [0.2, 0.25) is 0 Å². The van der Waals surface area contributed by atoms with E-state index in [2.05, 4.69) is 32.9 Å². The zero-order valence-corrected chi connectivity index (χ0v) is 15.5. The van der Waals surface area contributed by atoms with E-state index in [0.29, 0.717) is 23.5 Å². The van der Waals surface area contributed by atoms with Crippen LogP contribution in [0, 0.1) is 0 Å². The van der Waals surface area contributed by atoms with Crippen molar-refractivity contribution in [3.8, 4) is 11.5 Å². The van der Waals surface area contributed by atoms with Crippen molar-refractivity contribution in [2.75, 3.05) is 14.2 Å². The molecule has 25 heavy (non-hydrogen) atoms. The van der Waals surface area contributed by atoms with Gasteiger partial charge in [0.15, 0.2) is 0 Å². The van der Waals surface area contributed by atoms with Gasteiger partial charge in [0.1, 0.15) is 11.5 Å². The molecule has 0 bridgehead atoms. The molecule has 1 N–H and O–H groups in total. The van der Waals surface area contributed by atoms with Gasteiger partial charge in [0, 0.05) is 5.56 Å². The fourth-order valence-corrected chi connectivity index (χ4v) is 2.82. The topological polar surface area (TPSA) is 55.8 Å². The summed E-state index contributed by atoms with van der Waals surface area (Å²) in [4.78, 5) is 11.9. The molecule has 0 fully saturated rings. The molecule has 0 saturated heterocycles. The zero-order chi connectivity index (χ0) is 18.6. The van der Waals surface area contributed by atoms with Crippen molar-refractivity contribution in [2.24, 2.45) is 0 Å². The van der Waals surface area contributed by atoms with E-state index in [-0.39, 0.29) is 5.41 Å². The Bertz CT molecular complexity index is 727. The molecule has 0 saturated carbocycles. The molecule has 0 aliphatic rings. The van der Waals surface area contributed by atoms with Gasteiger partial charge in [0.05, 0.1) is 20.1 Å². The van der Waals surface area contributed by atoms with Crippen molar-refractivity contribution < 1.29 is 19.4 Å². The zero-order valence-electron chi connectivity index (χ0n) is 15.5. The van der Waals surface area contributed by atoms with Crippen LogP contribution < -0.4 is 9.47 Å². The molecule has 0 spiro atoms. The first-order valence-electron chi connectivity index (χ1n) is 8.30. The molecule has 4 heteroatoms. The molecule has 0 amide bonds. The van der Waals surface area contributed by atoms with Crippen molar-refractivity contribution in [1.82, 2.24) is 0 Å². The number of methoxy groups -OCH3 is 2. The molecule has 0 radical (unpaired) electrons. The van der Waals surface area contributed by atoms with Gasteiger partial charge < -0.3 is 14.6 Å². The molecule has 134 valence electrons. The van der Waals surface area contributed by atoms with Crippen molar-refractivity contribution in [1.29, 1.82) is 0 Å². The summed E-state index contributed by atoms with van der Waals surface area (Å²) < 4.78 is 10.6. The molecule has 4 nitrogen and oxygen atoms in total. The fraction of sp³-hybridized carbons (Fsp3) is 0.381. The first-order valence-corrected chi connectivity index (χ1v) is 8.30. The predicted molar refractivity (Wildman–Crippen MR) is 98.8 cm³/mol. The van der Waals surface area contributed by atoms with Gasteiger partial charge in [-0.05, 0) is 41.2 Å². The molecular formula is C21H26O4. The number of carboxylic acids is 1. The highest BCUT2D eigenvalue weighted by atomic mass is 16.5. The first kappa shape index (κ1) is 18.8. The molecule has 1 atom stereocenters. The third kappa shape index (κ3) is 4.53. The van der Waals surface area contributed by atoms with Gasteiger partial charge in [-0.25, -0.2) is 0 Å².